The third kappa shape index (κ3) is 3.58. The fourth-order valence-corrected chi connectivity index (χ4v) is 2.18. The zero-order valence-corrected chi connectivity index (χ0v) is 12.1. The summed E-state index contributed by atoms with van der Waals surface area (Å²) in [5.74, 6) is -0.352. The van der Waals surface area contributed by atoms with Crippen LogP contribution >= 0.6 is 0 Å². The van der Waals surface area contributed by atoms with Gasteiger partial charge in [-0.05, 0) is 18.1 Å². The molecule has 0 atom stereocenters. The summed E-state index contributed by atoms with van der Waals surface area (Å²) >= 11 is 0. The van der Waals surface area contributed by atoms with E-state index in [0.717, 1.165) is 16.7 Å². The highest BCUT2D eigenvalue weighted by molar-refractivity contribution is 5.99. The van der Waals surface area contributed by atoms with E-state index in [1.165, 1.54) is 0 Å². The second-order valence-corrected chi connectivity index (χ2v) is 4.45. The third-order valence-electron chi connectivity index (χ3n) is 3.09. The normalized spacial score (nSPS) is 10.0. The average molecular weight is 281 g/mol. The molecule has 0 unspecified atom stereocenters. The van der Waals surface area contributed by atoms with Gasteiger partial charge in [-0.25, -0.2) is 4.79 Å². The van der Waals surface area contributed by atoms with E-state index in [1.807, 2.05) is 60.7 Å². The number of quaternary nitrogens is 1. The Bertz CT molecular complexity index is 577. The van der Waals surface area contributed by atoms with Crippen LogP contribution in [0.25, 0.3) is 5.57 Å². The quantitative estimate of drug-likeness (QED) is 0.519. The molecule has 3 nitrogen and oxygen atoms in total. The van der Waals surface area contributed by atoms with Gasteiger partial charge in [0.2, 0.25) is 0 Å². The van der Waals surface area contributed by atoms with E-state index in [2.05, 4.69) is 7.05 Å². The van der Waals surface area contributed by atoms with Gasteiger partial charge in [0.25, 0.3) is 0 Å². The Hall–Kier alpha value is -2.39. The maximum absolute atomic E-state index is 12.2. The lowest BCUT2D eigenvalue weighted by atomic mass is 9.96. The number of rotatable bonds is 5. The largest absolute Gasteiger partial charge is 0.459 e. The lowest BCUT2D eigenvalue weighted by Gasteiger charge is -2.14. The van der Waals surface area contributed by atoms with Crippen molar-refractivity contribution in [3.8, 4) is 0 Å². The van der Waals surface area contributed by atoms with Gasteiger partial charge in [-0.1, -0.05) is 60.7 Å². The van der Waals surface area contributed by atoms with Crippen LogP contribution in [0.4, 0.5) is 0 Å². The monoisotopic (exact) mass is 281 g/mol. The van der Waals surface area contributed by atoms with Crippen LogP contribution in [0.15, 0.2) is 66.4 Å². The molecule has 108 valence electrons. The number of hydrogen-bond acceptors (Lipinski definition) is 2. The van der Waals surface area contributed by atoms with Crippen molar-refractivity contribution in [2.45, 2.75) is 6.92 Å². The van der Waals surface area contributed by atoms with Crippen LogP contribution in [-0.2, 0) is 9.53 Å². The number of benzene rings is 2. The molecule has 0 aliphatic heterocycles. The molecular formula is C18H19NO2. The highest BCUT2D eigenvalue weighted by Crippen LogP contribution is 2.25. The van der Waals surface area contributed by atoms with Crippen LogP contribution < -0.4 is 5.32 Å². The number of carbonyl (C=O) groups excluding carboxylic acids is 1. The van der Waals surface area contributed by atoms with Gasteiger partial charge >= 0.3 is 5.97 Å². The molecule has 0 spiro atoms. The first kappa shape index (κ1) is 15.0. The van der Waals surface area contributed by atoms with E-state index in [0.29, 0.717) is 12.3 Å². The number of ether oxygens (including phenoxy) is 1. The van der Waals surface area contributed by atoms with Crippen LogP contribution in [0, 0.1) is 7.05 Å². The summed E-state index contributed by atoms with van der Waals surface area (Å²) in [7, 11) is 3.78. The highest BCUT2D eigenvalue weighted by atomic mass is 16.5. The lowest BCUT2D eigenvalue weighted by Crippen LogP contribution is -2.77. The zero-order valence-electron chi connectivity index (χ0n) is 12.1. The lowest BCUT2D eigenvalue weighted by molar-refractivity contribution is -0.537. The van der Waals surface area contributed by atoms with Crippen molar-refractivity contribution in [3.63, 3.8) is 0 Å². The van der Waals surface area contributed by atoms with Crippen LogP contribution in [0.2, 0.25) is 0 Å². The van der Waals surface area contributed by atoms with E-state index in [4.69, 9.17) is 4.74 Å². The van der Waals surface area contributed by atoms with Crippen LogP contribution in [-0.4, -0.2) is 12.6 Å². The van der Waals surface area contributed by atoms with E-state index >= 15 is 0 Å². The smallest absolute Gasteiger partial charge is 0.390 e. The van der Waals surface area contributed by atoms with Gasteiger partial charge in [0.1, 0.15) is 0 Å². The first-order valence-electron chi connectivity index (χ1n) is 6.92. The van der Waals surface area contributed by atoms with Crippen molar-refractivity contribution in [1.29, 1.82) is 0 Å². The van der Waals surface area contributed by atoms with Gasteiger partial charge in [-0.15, -0.1) is 7.05 Å². The van der Waals surface area contributed by atoms with Crippen molar-refractivity contribution in [1.82, 2.24) is 0 Å². The summed E-state index contributed by atoms with van der Waals surface area (Å²) in [6, 6.07) is 19.6. The molecule has 0 amide bonds. The minimum atomic E-state index is -0.352. The predicted molar refractivity (Wildman–Crippen MR) is 82.8 cm³/mol. The Labute approximate surface area is 125 Å². The van der Waals surface area contributed by atoms with E-state index in [9.17, 15) is 4.79 Å². The van der Waals surface area contributed by atoms with Crippen molar-refractivity contribution >= 4 is 11.5 Å². The molecule has 2 aromatic carbocycles. The topological polar surface area (TPSA) is 42.9 Å². The average Bonchev–Trinajstić information content (AvgIpc) is 2.54. The number of carbonyl (C=O) groups is 1. The SMILES string of the molecule is [CH2-][NH2+]C(C(=O)OCC)=C(c1ccccc1)c1ccccc1. The van der Waals surface area contributed by atoms with Crippen molar-refractivity contribution in [2.75, 3.05) is 6.61 Å². The maximum atomic E-state index is 12.2. The maximum Gasteiger partial charge on any atom is 0.390 e. The van der Waals surface area contributed by atoms with Gasteiger partial charge < -0.3 is 10.1 Å². The first-order chi connectivity index (χ1) is 10.3. The number of hydrogen-bond donors (Lipinski definition) is 1. The number of nitrogens with two attached hydrogens (primary N) is 1. The molecule has 3 heteroatoms. The Morgan fingerprint density at radius 2 is 1.48 bits per heavy atom. The Kier molecular flexibility index (Phi) is 5.29. The summed E-state index contributed by atoms with van der Waals surface area (Å²) in [4.78, 5) is 12.2. The standard InChI is InChI=1S/C18H19NO2/c1-3-21-18(20)17(19-2)16(14-10-6-4-7-11-14)15-12-8-5-9-13-15/h4-13H,2-3,19H2,1H3. The highest BCUT2D eigenvalue weighted by Gasteiger charge is 2.20. The van der Waals surface area contributed by atoms with Gasteiger partial charge in [0.15, 0.2) is 5.70 Å². The van der Waals surface area contributed by atoms with Crippen LogP contribution in [0.1, 0.15) is 18.1 Å². The molecule has 0 bridgehead atoms. The molecule has 2 aromatic rings. The van der Waals surface area contributed by atoms with Gasteiger partial charge in [0.05, 0.1) is 12.2 Å². The third-order valence-corrected chi connectivity index (χ3v) is 3.09. The zero-order chi connectivity index (χ0) is 15.1. The van der Waals surface area contributed by atoms with Gasteiger partial charge in [-0.2, -0.15) is 0 Å². The van der Waals surface area contributed by atoms with E-state index in [-0.39, 0.29) is 5.97 Å². The minimum Gasteiger partial charge on any atom is -0.459 e. The Balaban J connectivity index is 2.62. The molecule has 2 rings (SSSR count). The summed E-state index contributed by atoms with van der Waals surface area (Å²) in [5.41, 5.74) is 3.25. The summed E-state index contributed by atoms with van der Waals surface area (Å²) < 4.78 is 5.15. The van der Waals surface area contributed by atoms with Gasteiger partial charge in [-0.3, -0.25) is 0 Å². The first-order valence-corrected chi connectivity index (χ1v) is 6.92. The fourth-order valence-electron chi connectivity index (χ4n) is 2.18. The molecule has 2 N–H and O–H groups in total. The van der Waals surface area contributed by atoms with Gasteiger partial charge in [0, 0.05) is 0 Å². The summed E-state index contributed by atoms with van der Waals surface area (Å²) in [6.07, 6.45) is 0. The molecule has 0 saturated carbocycles. The Morgan fingerprint density at radius 1 is 1.00 bits per heavy atom. The Morgan fingerprint density at radius 3 is 1.86 bits per heavy atom. The molecule has 0 heterocycles. The molecule has 0 radical (unpaired) electrons. The van der Waals surface area contributed by atoms with Crippen LogP contribution in [0.3, 0.4) is 0 Å². The van der Waals surface area contributed by atoms with Crippen LogP contribution in [0.5, 0.6) is 0 Å². The van der Waals surface area contributed by atoms with Crippen molar-refractivity contribution < 1.29 is 14.8 Å². The van der Waals surface area contributed by atoms with Crippen molar-refractivity contribution in [2.24, 2.45) is 0 Å². The molecule has 0 aliphatic rings. The van der Waals surface area contributed by atoms with Crippen molar-refractivity contribution in [3.05, 3.63) is 84.5 Å². The second kappa shape index (κ2) is 7.41. The molecule has 0 aliphatic carbocycles. The fraction of sp³-hybridized carbons (Fsp3) is 0.111. The molecule has 0 fully saturated rings. The van der Waals surface area contributed by atoms with E-state index in [1.54, 1.807) is 12.2 Å². The molecular weight excluding hydrogens is 262 g/mol. The summed E-state index contributed by atoms with van der Waals surface area (Å²) in [6.45, 7) is 2.14. The predicted octanol–water partition coefficient (Wildman–Crippen LogP) is 2.36. The molecule has 21 heavy (non-hydrogen) atoms. The molecule has 0 aromatic heterocycles. The molecule has 0 saturated heterocycles. The second-order valence-electron chi connectivity index (χ2n) is 4.45. The van der Waals surface area contributed by atoms with E-state index < -0.39 is 0 Å². The summed E-state index contributed by atoms with van der Waals surface area (Å²) in [5, 5.41) is 1.56. The number of esters is 1. The minimum absolute atomic E-state index is 0.340.